The molecule has 1 atom stereocenters. The van der Waals surface area contributed by atoms with Gasteiger partial charge in [-0.3, -0.25) is 0 Å². The number of nitrogens with two attached hydrogens (primary N) is 1. The Hall–Kier alpha value is -1.64. The van der Waals surface area contributed by atoms with Crippen LogP contribution in [-0.2, 0) is 0 Å². The lowest BCUT2D eigenvalue weighted by Crippen LogP contribution is -2.13. The molecule has 0 aliphatic heterocycles. The minimum Gasteiger partial charge on any atom is -0.320 e. The molecule has 1 unspecified atom stereocenters. The van der Waals surface area contributed by atoms with Gasteiger partial charge in [0.2, 0.25) is 0 Å². The van der Waals surface area contributed by atoms with Gasteiger partial charge in [0.05, 0.1) is 6.04 Å². The van der Waals surface area contributed by atoms with Gasteiger partial charge in [0, 0.05) is 4.47 Å². The molecule has 3 aromatic rings. The summed E-state index contributed by atoms with van der Waals surface area (Å²) in [7, 11) is 0. The van der Waals surface area contributed by atoms with Crippen LogP contribution in [0.2, 0.25) is 0 Å². The van der Waals surface area contributed by atoms with E-state index in [1.165, 1.54) is 21.9 Å². The van der Waals surface area contributed by atoms with Crippen LogP contribution in [0.5, 0.6) is 0 Å². The van der Waals surface area contributed by atoms with Crippen molar-refractivity contribution in [3.8, 4) is 0 Å². The molecule has 2 heteroatoms. The SMILES string of the molecule is Cc1ccccc1C(N)c1ccc(Br)c2ccccc12. The maximum absolute atomic E-state index is 6.52. The number of halogens is 1. The monoisotopic (exact) mass is 325 g/mol. The molecule has 20 heavy (non-hydrogen) atoms. The second-order valence-electron chi connectivity index (χ2n) is 5.02. The molecule has 0 saturated heterocycles. The highest BCUT2D eigenvalue weighted by Crippen LogP contribution is 2.32. The summed E-state index contributed by atoms with van der Waals surface area (Å²) >= 11 is 3.61. The van der Waals surface area contributed by atoms with E-state index in [1.54, 1.807) is 0 Å². The average molecular weight is 326 g/mol. The Labute approximate surface area is 127 Å². The van der Waals surface area contributed by atoms with Gasteiger partial charge in [0.25, 0.3) is 0 Å². The fourth-order valence-electron chi connectivity index (χ4n) is 2.66. The number of rotatable bonds is 2. The third-order valence-corrected chi connectivity index (χ3v) is 4.45. The zero-order valence-electron chi connectivity index (χ0n) is 11.3. The van der Waals surface area contributed by atoms with Crippen molar-refractivity contribution in [1.82, 2.24) is 0 Å². The molecule has 0 fully saturated rings. The van der Waals surface area contributed by atoms with Gasteiger partial charge < -0.3 is 5.73 Å². The van der Waals surface area contributed by atoms with Gasteiger partial charge in [0.1, 0.15) is 0 Å². The summed E-state index contributed by atoms with van der Waals surface area (Å²) in [5.74, 6) is 0. The van der Waals surface area contributed by atoms with Crippen LogP contribution in [0.1, 0.15) is 22.7 Å². The predicted molar refractivity (Wildman–Crippen MR) is 88.9 cm³/mol. The smallest absolute Gasteiger partial charge is 0.0560 e. The minimum absolute atomic E-state index is 0.103. The molecule has 1 nitrogen and oxygen atoms in total. The first kappa shape index (κ1) is 13.3. The van der Waals surface area contributed by atoms with Crippen LogP contribution in [0.4, 0.5) is 0 Å². The largest absolute Gasteiger partial charge is 0.320 e. The Kier molecular flexibility index (Phi) is 3.60. The van der Waals surface area contributed by atoms with Gasteiger partial charge in [0.15, 0.2) is 0 Å². The van der Waals surface area contributed by atoms with Crippen molar-refractivity contribution in [3.63, 3.8) is 0 Å². The van der Waals surface area contributed by atoms with Gasteiger partial charge in [-0.25, -0.2) is 0 Å². The molecule has 0 amide bonds. The van der Waals surface area contributed by atoms with E-state index in [1.807, 2.05) is 12.1 Å². The molecule has 0 aliphatic carbocycles. The predicted octanol–water partition coefficient (Wildman–Crippen LogP) is 4.96. The maximum atomic E-state index is 6.52. The molecule has 0 bridgehead atoms. The Morgan fingerprint density at radius 3 is 2.20 bits per heavy atom. The van der Waals surface area contributed by atoms with E-state index >= 15 is 0 Å². The highest BCUT2D eigenvalue weighted by Gasteiger charge is 2.14. The maximum Gasteiger partial charge on any atom is 0.0560 e. The number of aryl methyl sites for hydroxylation is 1. The van der Waals surface area contributed by atoms with Gasteiger partial charge in [-0.05, 0) is 40.5 Å². The van der Waals surface area contributed by atoms with Crippen LogP contribution in [0, 0.1) is 6.92 Å². The molecule has 2 N–H and O–H groups in total. The summed E-state index contributed by atoms with van der Waals surface area (Å²) in [5.41, 5.74) is 10.1. The Morgan fingerprint density at radius 1 is 0.800 bits per heavy atom. The molecule has 0 saturated carbocycles. The third-order valence-electron chi connectivity index (χ3n) is 3.76. The van der Waals surface area contributed by atoms with Crippen molar-refractivity contribution in [2.24, 2.45) is 5.73 Å². The molecule has 0 radical (unpaired) electrons. The Morgan fingerprint density at radius 2 is 1.45 bits per heavy atom. The van der Waals surface area contributed by atoms with Crippen LogP contribution >= 0.6 is 15.9 Å². The molecule has 0 heterocycles. The molecule has 0 spiro atoms. The fourth-order valence-corrected chi connectivity index (χ4v) is 3.14. The first-order chi connectivity index (χ1) is 9.68. The van der Waals surface area contributed by atoms with Gasteiger partial charge >= 0.3 is 0 Å². The summed E-state index contributed by atoms with van der Waals surface area (Å²) in [5, 5.41) is 2.41. The van der Waals surface area contributed by atoms with Crippen molar-refractivity contribution in [2.75, 3.05) is 0 Å². The first-order valence-electron chi connectivity index (χ1n) is 6.67. The fraction of sp³-hybridized carbons (Fsp3) is 0.111. The number of hydrogen-bond donors (Lipinski definition) is 1. The third kappa shape index (κ3) is 2.26. The highest BCUT2D eigenvalue weighted by atomic mass is 79.9. The second kappa shape index (κ2) is 5.39. The van der Waals surface area contributed by atoms with E-state index in [-0.39, 0.29) is 6.04 Å². The second-order valence-corrected chi connectivity index (χ2v) is 5.87. The number of fused-ring (bicyclic) bond motifs is 1. The molecule has 100 valence electrons. The molecular formula is C18H16BrN. The van der Waals surface area contributed by atoms with Crippen LogP contribution in [0.3, 0.4) is 0 Å². The Bertz CT molecular complexity index is 764. The van der Waals surface area contributed by atoms with E-state index in [2.05, 4.69) is 71.4 Å². The minimum atomic E-state index is -0.103. The van der Waals surface area contributed by atoms with Crippen LogP contribution in [-0.4, -0.2) is 0 Å². The normalized spacial score (nSPS) is 12.6. The quantitative estimate of drug-likeness (QED) is 0.708. The van der Waals surface area contributed by atoms with Crippen LogP contribution < -0.4 is 5.73 Å². The van der Waals surface area contributed by atoms with Gasteiger partial charge in [-0.1, -0.05) is 70.5 Å². The lowest BCUT2D eigenvalue weighted by Gasteiger charge is -2.18. The van der Waals surface area contributed by atoms with Crippen molar-refractivity contribution < 1.29 is 0 Å². The summed E-state index contributed by atoms with van der Waals surface area (Å²) in [6, 6.07) is 20.8. The zero-order valence-corrected chi connectivity index (χ0v) is 12.9. The van der Waals surface area contributed by atoms with Crippen molar-refractivity contribution >= 4 is 26.7 Å². The standard InChI is InChI=1S/C18H16BrN/c1-12-6-2-3-7-13(12)18(20)16-10-11-17(19)15-9-5-4-8-14(15)16/h2-11,18H,20H2,1H3. The molecule has 3 aromatic carbocycles. The summed E-state index contributed by atoms with van der Waals surface area (Å²) in [6.45, 7) is 2.11. The lowest BCUT2D eigenvalue weighted by atomic mass is 9.92. The Balaban J connectivity index is 2.20. The van der Waals surface area contributed by atoms with Gasteiger partial charge in [-0.15, -0.1) is 0 Å². The van der Waals surface area contributed by atoms with Crippen molar-refractivity contribution in [3.05, 3.63) is 81.8 Å². The summed E-state index contributed by atoms with van der Waals surface area (Å²) in [6.07, 6.45) is 0. The van der Waals surface area contributed by atoms with E-state index in [0.29, 0.717) is 0 Å². The molecule has 3 rings (SSSR count). The van der Waals surface area contributed by atoms with Crippen LogP contribution in [0.15, 0.2) is 65.1 Å². The van der Waals surface area contributed by atoms with Crippen molar-refractivity contribution in [1.29, 1.82) is 0 Å². The van der Waals surface area contributed by atoms with E-state index in [0.717, 1.165) is 10.0 Å². The van der Waals surface area contributed by atoms with E-state index in [4.69, 9.17) is 5.73 Å². The van der Waals surface area contributed by atoms with E-state index in [9.17, 15) is 0 Å². The first-order valence-corrected chi connectivity index (χ1v) is 7.46. The summed E-state index contributed by atoms with van der Waals surface area (Å²) < 4.78 is 1.11. The molecular weight excluding hydrogens is 310 g/mol. The highest BCUT2D eigenvalue weighted by molar-refractivity contribution is 9.10. The van der Waals surface area contributed by atoms with Crippen molar-refractivity contribution in [2.45, 2.75) is 13.0 Å². The molecule has 0 aromatic heterocycles. The topological polar surface area (TPSA) is 26.0 Å². The molecule has 0 aliphatic rings. The van der Waals surface area contributed by atoms with Crippen LogP contribution in [0.25, 0.3) is 10.8 Å². The lowest BCUT2D eigenvalue weighted by molar-refractivity contribution is 0.870. The van der Waals surface area contributed by atoms with Gasteiger partial charge in [-0.2, -0.15) is 0 Å². The summed E-state index contributed by atoms with van der Waals surface area (Å²) in [4.78, 5) is 0. The number of hydrogen-bond acceptors (Lipinski definition) is 1. The number of benzene rings is 3. The zero-order chi connectivity index (χ0) is 14.1. The van der Waals surface area contributed by atoms with E-state index < -0.39 is 0 Å². The average Bonchev–Trinajstić information content (AvgIpc) is 2.48.